The van der Waals surface area contributed by atoms with Crippen molar-refractivity contribution in [2.45, 2.75) is 89.3 Å². The standard InChI is InChI=1S/C29H34O6Si/c1-27(2,3)35-29-11-7-16(8-12-29)19-22(29)26(33)21-20(25(19)32)23(30)17-9-10-28(34,13-14-36(4,5)6)15-18(17)24(21)31/h7,11,16,30-31,34H,8-10,12,15H2,1-6H3/t16-,28?,29-/m0/s1. The highest BCUT2D eigenvalue weighted by atomic mass is 28.3. The van der Waals surface area contributed by atoms with E-state index in [0.29, 0.717) is 24.0 Å². The van der Waals surface area contributed by atoms with Crippen LogP contribution in [0.4, 0.5) is 0 Å². The molecular weight excluding hydrogens is 472 g/mol. The summed E-state index contributed by atoms with van der Waals surface area (Å²) in [5, 5.41) is 33.9. The van der Waals surface area contributed by atoms with Gasteiger partial charge in [-0.25, -0.2) is 0 Å². The number of Topliss-reactive ketones (excluding diaryl/α,β-unsaturated/α-hetero) is 2. The Morgan fingerprint density at radius 3 is 2.25 bits per heavy atom. The number of aromatic hydroxyl groups is 2. The molecule has 1 aromatic carbocycles. The quantitative estimate of drug-likeness (QED) is 0.226. The van der Waals surface area contributed by atoms with Gasteiger partial charge in [0.05, 0.1) is 16.7 Å². The van der Waals surface area contributed by atoms with Crippen LogP contribution < -0.4 is 0 Å². The van der Waals surface area contributed by atoms with E-state index in [9.17, 15) is 24.9 Å². The zero-order valence-corrected chi connectivity index (χ0v) is 22.8. The fourth-order valence-corrected chi connectivity index (χ4v) is 6.68. The van der Waals surface area contributed by atoms with Gasteiger partial charge < -0.3 is 20.1 Å². The van der Waals surface area contributed by atoms with Gasteiger partial charge in [-0.1, -0.05) is 37.7 Å². The number of fused-ring (bicyclic) bond motifs is 3. The molecule has 3 N–H and O–H groups in total. The van der Waals surface area contributed by atoms with E-state index in [0.717, 1.165) is 0 Å². The summed E-state index contributed by atoms with van der Waals surface area (Å²) >= 11 is 0. The van der Waals surface area contributed by atoms with Crippen LogP contribution in [-0.2, 0) is 17.6 Å². The number of ether oxygens (including phenoxy) is 1. The van der Waals surface area contributed by atoms with E-state index in [1.165, 1.54) is 0 Å². The van der Waals surface area contributed by atoms with E-state index in [1.54, 1.807) is 0 Å². The van der Waals surface area contributed by atoms with Crippen molar-refractivity contribution >= 4 is 19.6 Å². The Labute approximate surface area is 213 Å². The molecule has 0 heterocycles. The van der Waals surface area contributed by atoms with Crippen molar-refractivity contribution in [3.63, 3.8) is 0 Å². The number of carbonyl (C=O) groups excluding carboxylic acids is 2. The predicted octanol–water partition coefficient (Wildman–Crippen LogP) is 4.41. The van der Waals surface area contributed by atoms with Gasteiger partial charge in [-0.2, -0.15) is 0 Å². The molecule has 0 spiro atoms. The summed E-state index contributed by atoms with van der Waals surface area (Å²) in [6.07, 6.45) is 5.52. The van der Waals surface area contributed by atoms with Gasteiger partial charge in [-0.05, 0) is 46.5 Å². The third-order valence-electron chi connectivity index (χ3n) is 7.49. The molecule has 6 nitrogen and oxygen atoms in total. The minimum absolute atomic E-state index is 0.0218. The highest BCUT2D eigenvalue weighted by Crippen LogP contribution is 2.55. The maximum absolute atomic E-state index is 14.1. The van der Waals surface area contributed by atoms with Crippen molar-refractivity contribution in [2.75, 3.05) is 0 Å². The van der Waals surface area contributed by atoms with Gasteiger partial charge in [-0.15, -0.1) is 5.54 Å². The van der Waals surface area contributed by atoms with Crippen LogP contribution in [0.15, 0.2) is 23.3 Å². The Hall–Kier alpha value is -2.66. The zero-order chi connectivity index (χ0) is 26.4. The van der Waals surface area contributed by atoms with Gasteiger partial charge in [0.2, 0.25) is 0 Å². The van der Waals surface area contributed by atoms with Crippen molar-refractivity contribution in [3.8, 4) is 23.0 Å². The van der Waals surface area contributed by atoms with Crippen LogP contribution in [0.25, 0.3) is 0 Å². The first kappa shape index (κ1) is 25.0. The molecule has 0 saturated carbocycles. The highest BCUT2D eigenvalue weighted by Gasteiger charge is 2.54. The number of aliphatic hydroxyl groups is 1. The first-order chi connectivity index (χ1) is 16.6. The monoisotopic (exact) mass is 506 g/mol. The Morgan fingerprint density at radius 2 is 1.67 bits per heavy atom. The molecule has 1 aromatic rings. The maximum atomic E-state index is 14.1. The van der Waals surface area contributed by atoms with Crippen LogP contribution in [0.5, 0.6) is 11.5 Å². The number of allylic oxidation sites excluding steroid dienone is 2. The number of rotatable bonds is 1. The molecule has 36 heavy (non-hydrogen) atoms. The molecule has 0 fully saturated rings. The summed E-state index contributed by atoms with van der Waals surface area (Å²) in [6.45, 7) is 12.0. The summed E-state index contributed by atoms with van der Waals surface area (Å²) < 4.78 is 6.42. The normalized spacial score (nSPS) is 28.9. The molecule has 1 unspecified atom stereocenters. The van der Waals surface area contributed by atoms with Gasteiger partial charge in [0.15, 0.2) is 11.6 Å². The second-order valence-electron chi connectivity index (χ2n) is 12.7. The molecule has 0 amide bonds. The summed E-state index contributed by atoms with van der Waals surface area (Å²) in [5.74, 6) is 1.26. The van der Waals surface area contributed by atoms with E-state index in [4.69, 9.17) is 4.74 Å². The summed E-state index contributed by atoms with van der Waals surface area (Å²) in [4.78, 5) is 27.9. The molecule has 0 radical (unpaired) electrons. The van der Waals surface area contributed by atoms with Crippen molar-refractivity contribution in [1.82, 2.24) is 0 Å². The van der Waals surface area contributed by atoms with Crippen molar-refractivity contribution in [3.05, 3.63) is 45.6 Å². The lowest BCUT2D eigenvalue weighted by Crippen LogP contribution is -2.50. The lowest BCUT2D eigenvalue weighted by atomic mass is 9.61. The van der Waals surface area contributed by atoms with Crippen LogP contribution in [0.3, 0.4) is 0 Å². The fraction of sp³-hybridized carbons (Fsp3) is 0.517. The Kier molecular flexibility index (Phi) is 5.33. The maximum Gasteiger partial charge on any atom is 0.197 e. The minimum Gasteiger partial charge on any atom is -0.507 e. The molecule has 3 atom stereocenters. The average molecular weight is 507 g/mol. The smallest absolute Gasteiger partial charge is 0.197 e. The summed E-state index contributed by atoms with van der Waals surface area (Å²) in [5.41, 5.74) is 1.21. The first-order valence-corrected chi connectivity index (χ1v) is 16.2. The second kappa shape index (κ2) is 7.67. The molecule has 5 aliphatic rings. The highest BCUT2D eigenvalue weighted by molar-refractivity contribution is 6.83. The van der Waals surface area contributed by atoms with E-state index >= 15 is 0 Å². The molecule has 6 rings (SSSR count). The number of benzene rings is 1. The molecule has 7 heteroatoms. The van der Waals surface area contributed by atoms with Crippen LogP contribution in [-0.4, -0.2) is 51.8 Å². The molecule has 190 valence electrons. The fourth-order valence-electron chi connectivity index (χ4n) is 6.07. The number of hydrogen-bond donors (Lipinski definition) is 3. The lowest BCUT2D eigenvalue weighted by molar-refractivity contribution is -0.0956. The number of phenols is 2. The van der Waals surface area contributed by atoms with Crippen molar-refractivity contribution in [2.24, 2.45) is 5.92 Å². The summed E-state index contributed by atoms with van der Waals surface area (Å²) in [6, 6.07) is 0. The molecule has 0 saturated heterocycles. The van der Waals surface area contributed by atoms with Gasteiger partial charge in [0.25, 0.3) is 0 Å². The van der Waals surface area contributed by atoms with Crippen molar-refractivity contribution < 1.29 is 29.6 Å². The molecular formula is C29H34O6Si. The molecule has 5 aliphatic carbocycles. The number of ketones is 2. The topological polar surface area (TPSA) is 104 Å². The van der Waals surface area contributed by atoms with Crippen molar-refractivity contribution in [1.29, 1.82) is 0 Å². The van der Waals surface area contributed by atoms with Crippen LogP contribution >= 0.6 is 0 Å². The largest absolute Gasteiger partial charge is 0.507 e. The number of carbonyl (C=O) groups is 2. The number of phenolic OH excluding ortho intramolecular Hbond substituents is 2. The third kappa shape index (κ3) is 3.78. The summed E-state index contributed by atoms with van der Waals surface area (Å²) in [7, 11) is -1.76. The van der Waals surface area contributed by atoms with Crippen LogP contribution in [0.2, 0.25) is 19.6 Å². The van der Waals surface area contributed by atoms with Gasteiger partial charge in [-0.3, -0.25) is 9.59 Å². The third-order valence-corrected chi connectivity index (χ3v) is 8.36. The SMILES string of the molecule is CC(C)(C)O[C@@]12C=C[C@@H](CC1)C1=C2C(=O)c2c(O)c3c(c(O)c2C1=O)CCC(O)(C#C[Si](C)(C)C)C3. The van der Waals surface area contributed by atoms with E-state index in [1.807, 2.05) is 32.9 Å². The minimum atomic E-state index is -1.76. The average Bonchev–Trinajstić information content (AvgIpc) is 2.77. The Morgan fingerprint density at radius 1 is 1.03 bits per heavy atom. The second-order valence-corrected chi connectivity index (χ2v) is 17.4. The number of hydrogen-bond acceptors (Lipinski definition) is 6. The van der Waals surface area contributed by atoms with Crippen LogP contribution in [0, 0.1) is 17.4 Å². The molecule has 0 aliphatic heterocycles. The van der Waals surface area contributed by atoms with Gasteiger partial charge in [0.1, 0.15) is 30.8 Å². The molecule has 0 aromatic heterocycles. The van der Waals surface area contributed by atoms with E-state index < -0.39 is 36.4 Å². The van der Waals surface area contributed by atoms with Gasteiger partial charge >= 0.3 is 0 Å². The Bertz CT molecular complexity index is 1340. The van der Waals surface area contributed by atoms with E-state index in [-0.39, 0.29) is 58.9 Å². The lowest BCUT2D eigenvalue weighted by Gasteiger charge is -2.48. The van der Waals surface area contributed by atoms with Gasteiger partial charge in [0, 0.05) is 34.6 Å². The predicted molar refractivity (Wildman–Crippen MR) is 139 cm³/mol. The zero-order valence-electron chi connectivity index (χ0n) is 21.8. The van der Waals surface area contributed by atoms with E-state index in [2.05, 4.69) is 31.1 Å². The first-order valence-electron chi connectivity index (χ1n) is 12.7. The van der Waals surface area contributed by atoms with Crippen LogP contribution in [0.1, 0.15) is 71.9 Å². The Balaban J connectivity index is 1.67. The molecule has 2 bridgehead atoms.